The fourth-order valence-electron chi connectivity index (χ4n) is 4.50. The second-order valence-electron chi connectivity index (χ2n) is 9.72. The number of rotatable bonds is 9. The average molecular weight is 402 g/mol. The molecule has 0 aromatic heterocycles. The molecule has 162 valence electrons. The molecule has 1 fully saturated rings. The van der Waals surface area contributed by atoms with Crippen molar-refractivity contribution in [2.45, 2.75) is 96.7 Å². The Morgan fingerprint density at radius 3 is 1.97 bits per heavy atom. The zero-order valence-corrected chi connectivity index (χ0v) is 18.9. The van der Waals surface area contributed by atoms with E-state index in [9.17, 15) is 9.59 Å². The maximum absolute atomic E-state index is 12.7. The topological polar surface area (TPSA) is 70.2 Å². The highest BCUT2D eigenvalue weighted by molar-refractivity contribution is 5.97. The maximum Gasteiger partial charge on any atom is 0.251 e. The number of piperidine rings is 1. The quantitative estimate of drug-likeness (QED) is 0.536. The molecule has 1 aromatic carbocycles. The van der Waals surface area contributed by atoms with E-state index in [1.54, 1.807) is 24.3 Å². The Bertz CT molecular complexity index is 664. The van der Waals surface area contributed by atoms with E-state index in [1.807, 2.05) is 0 Å². The number of carbonyl (C=O) groups excluding carboxylic acids is 2. The Morgan fingerprint density at radius 2 is 1.41 bits per heavy atom. The lowest BCUT2D eigenvalue weighted by Gasteiger charge is -2.46. The van der Waals surface area contributed by atoms with Gasteiger partial charge in [0.1, 0.15) is 0 Å². The Kier molecular flexibility index (Phi) is 8.26. The average Bonchev–Trinajstić information content (AvgIpc) is 2.62. The van der Waals surface area contributed by atoms with Gasteiger partial charge in [0.05, 0.1) is 0 Å². The zero-order valence-electron chi connectivity index (χ0n) is 18.9. The lowest BCUT2D eigenvalue weighted by Crippen LogP contribution is -2.62. The molecule has 0 unspecified atom stereocenters. The third-order valence-corrected chi connectivity index (χ3v) is 5.50. The molecule has 0 aliphatic carbocycles. The van der Waals surface area contributed by atoms with Gasteiger partial charge in [-0.25, -0.2) is 0 Å². The van der Waals surface area contributed by atoms with E-state index in [0.717, 1.165) is 25.7 Å². The molecule has 0 spiro atoms. The Labute approximate surface area is 176 Å². The van der Waals surface area contributed by atoms with Crippen LogP contribution in [0.1, 0.15) is 100 Å². The minimum Gasteiger partial charge on any atom is -0.352 e. The van der Waals surface area contributed by atoms with Crippen LogP contribution in [0, 0.1) is 0 Å². The molecule has 1 aliphatic heterocycles. The molecule has 0 saturated carbocycles. The van der Waals surface area contributed by atoms with Gasteiger partial charge in [-0.3, -0.25) is 9.59 Å². The van der Waals surface area contributed by atoms with E-state index >= 15 is 0 Å². The van der Waals surface area contributed by atoms with Crippen molar-refractivity contribution in [3.05, 3.63) is 35.4 Å². The molecular weight excluding hydrogens is 362 g/mol. The second kappa shape index (κ2) is 10.2. The SMILES string of the molecule is CCCCCCCNC(=O)c1ccc(C(=O)NC2CC(C)(C)NC(C)(C)C2)cc1. The number of amides is 2. The molecule has 0 radical (unpaired) electrons. The minimum absolute atomic E-state index is 0.0157. The smallest absolute Gasteiger partial charge is 0.251 e. The summed E-state index contributed by atoms with van der Waals surface area (Å²) in [5, 5.41) is 9.77. The summed E-state index contributed by atoms with van der Waals surface area (Å²) in [5.74, 6) is -0.152. The van der Waals surface area contributed by atoms with Crippen molar-refractivity contribution in [3.63, 3.8) is 0 Å². The van der Waals surface area contributed by atoms with Gasteiger partial charge in [0, 0.05) is 34.8 Å². The predicted octanol–water partition coefficient (Wildman–Crippen LogP) is 4.43. The van der Waals surface area contributed by atoms with Crippen LogP contribution >= 0.6 is 0 Å². The summed E-state index contributed by atoms with van der Waals surface area (Å²) in [6, 6.07) is 7.07. The molecule has 1 aromatic rings. The lowest BCUT2D eigenvalue weighted by molar-refractivity contribution is 0.0871. The number of hydrogen-bond acceptors (Lipinski definition) is 3. The highest BCUT2D eigenvalue weighted by Crippen LogP contribution is 2.28. The van der Waals surface area contributed by atoms with Crippen LogP contribution in [0.2, 0.25) is 0 Å². The van der Waals surface area contributed by atoms with Gasteiger partial charge >= 0.3 is 0 Å². The second-order valence-corrected chi connectivity index (χ2v) is 9.72. The summed E-state index contributed by atoms with van der Waals surface area (Å²) in [6.45, 7) is 11.6. The summed E-state index contributed by atoms with van der Waals surface area (Å²) in [6.07, 6.45) is 7.64. The molecule has 0 atom stereocenters. The molecule has 5 nitrogen and oxygen atoms in total. The van der Waals surface area contributed by atoms with Gasteiger partial charge in [-0.05, 0) is 71.2 Å². The van der Waals surface area contributed by atoms with Crippen LogP contribution in [-0.2, 0) is 0 Å². The summed E-state index contributed by atoms with van der Waals surface area (Å²) >= 11 is 0. The van der Waals surface area contributed by atoms with Crippen molar-refractivity contribution in [1.82, 2.24) is 16.0 Å². The molecule has 5 heteroatoms. The fraction of sp³-hybridized carbons (Fsp3) is 0.667. The fourth-order valence-corrected chi connectivity index (χ4v) is 4.50. The van der Waals surface area contributed by atoms with E-state index in [4.69, 9.17) is 0 Å². The van der Waals surface area contributed by atoms with Crippen molar-refractivity contribution >= 4 is 11.8 Å². The number of nitrogens with one attached hydrogen (secondary N) is 3. The molecule has 29 heavy (non-hydrogen) atoms. The van der Waals surface area contributed by atoms with Crippen LogP contribution in [0.4, 0.5) is 0 Å². The Morgan fingerprint density at radius 1 is 0.897 bits per heavy atom. The number of carbonyl (C=O) groups is 2. The Hall–Kier alpha value is -1.88. The van der Waals surface area contributed by atoms with Crippen molar-refractivity contribution in [1.29, 1.82) is 0 Å². The van der Waals surface area contributed by atoms with Crippen molar-refractivity contribution in [2.24, 2.45) is 0 Å². The monoisotopic (exact) mass is 401 g/mol. The first-order chi connectivity index (χ1) is 13.6. The van der Waals surface area contributed by atoms with E-state index < -0.39 is 0 Å². The third kappa shape index (κ3) is 7.81. The first kappa shape index (κ1) is 23.4. The zero-order chi connectivity index (χ0) is 21.5. The molecule has 2 rings (SSSR count). The van der Waals surface area contributed by atoms with E-state index in [0.29, 0.717) is 17.7 Å². The van der Waals surface area contributed by atoms with Crippen molar-refractivity contribution < 1.29 is 9.59 Å². The molecular formula is C24H39N3O2. The number of hydrogen-bond donors (Lipinski definition) is 3. The van der Waals surface area contributed by atoms with Crippen LogP contribution in [0.25, 0.3) is 0 Å². The highest BCUT2D eigenvalue weighted by atomic mass is 16.2. The Balaban J connectivity index is 1.84. The van der Waals surface area contributed by atoms with Gasteiger partial charge < -0.3 is 16.0 Å². The highest BCUT2D eigenvalue weighted by Gasteiger charge is 2.38. The van der Waals surface area contributed by atoms with Crippen LogP contribution in [0.3, 0.4) is 0 Å². The maximum atomic E-state index is 12.7. The van der Waals surface area contributed by atoms with Crippen LogP contribution < -0.4 is 16.0 Å². The molecule has 1 saturated heterocycles. The normalized spacial score (nSPS) is 18.2. The predicted molar refractivity (Wildman–Crippen MR) is 119 cm³/mol. The van der Waals surface area contributed by atoms with E-state index in [1.165, 1.54) is 19.3 Å². The molecule has 1 heterocycles. The van der Waals surface area contributed by atoms with Gasteiger partial charge in [0.2, 0.25) is 0 Å². The first-order valence-electron chi connectivity index (χ1n) is 11.1. The van der Waals surface area contributed by atoms with Gasteiger partial charge in [0.25, 0.3) is 11.8 Å². The van der Waals surface area contributed by atoms with E-state index in [2.05, 4.69) is 50.6 Å². The minimum atomic E-state index is -0.0774. The summed E-state index contributed by atoms with van der Waals surface area (Å²) in [7, 11) is 0. The number of benzene rings is 1. The largest absolute Gasteiger partial charge is 0.352 e. The van der Waals surface area contributed by atoms with Crippen LogP contribution in [0.15, 0.2) is 24.3 Å². The van der Waals surface area contributed by atoms with Gasteiger partial charge in [-0.1, -0.05) is 32.6 Å². The summed E-state index contributed by atoms with van der Waals surface area (Å²) < 4.78 is 0. The number of unbranched alkanes of at least 4 members (excludes halogenated alkanes) is 4. The van der Waals surface area contributed by atoms with Crippen LogP contribution in [0.5, 0.6) is 0 Å². The van der Waals surface area contributed by atoms with Crippen LogP contribution in [-0.4, -0.2) is 35.5 Å². The molecule has 2 amide bonds. The van der Waals surface area contributed by atoms with Gasteiger partial charge in [0.15, 0.2) is 0 Å². The summed E-state index contributed by atoms with van der Waals surface area (Å²) in [5.41, 5.74) is 1.16. The molecule has 0 bridgehead atoms. The standard InChI is InChI=1S/C24H39N3O2/c1-6-7-8-9-10-15-25-21(28)18-11-13-19(14-12-18)22(29)26-20-16-23(2,3)27-24(4,5)17-20/h11-14,20,27H,6-10,15-17H2,1-5H3,(H,25,28)(H,26,29). The lowest BCUT2D eigenvalue weighted by atomic mass is 9.79. The van der Waals surface area contributed by atoms with E-state index in [-0.39, 0.29) is 28.9 Å². The first-order valence-corrected chi connectivity index (χ1v) is 11.1. The third-order valence-electron chi connectivity index (χ3n) is 5.50. The molecule has 3 N–H and O–H groups in total. The molecule has 1 aliphatic rings. The van der Waals surface area contributed by atoms with Crippen molar-refractivity contribution in [2.75, 3.05) is 6.54 Å². The van der Waals surface area contributed by atoms with Crippen molar-refractivity contribution in [3.8, 4) is 0 Å². The van der Waals surface area contributed by atoms with Gasteiger partial charge in [-0.2, -0.15) is 0 Å². The van der Waals surface area contributed by atoms with Gasteiger partial charge in [-0.15, -0.1) is 0 Å². The summed E-state index contributed by atoms with van der Waals surface area (Å²) in [4.78, 5) is 24.9.